The van der Waals surface area contributed by atoms with Gasteiger partial charge < -0.3 is 38.6 Å². The summed E-state index contributed by atoms with van der Waals surface area (Å²) in [5, 5.41) is 6.63. The fourth-order valence-corrected chi connectivity index (χ4v) is 7.88. The fraction of sp³-hybridized carbons (Fsp3) is 0.643. The van der Waals surface area contributed by atoms with E-state index in [-0.39, 0.29) is 43.4 Å². The number of aromatic nitrogens is 1. The van der Waals surface area contributed by atoms with Gasteiger partial charge in [-0.2, -0.15) is 0 Å². The van der Waals surface area contributed by atoms with Crippen molar-refractivity contribution in [1.29, 1.82) is 0 Å². The Bertz CT molecular complexity index is 1790. The van der Waals surface area contributed by atoms with Crippen LogP contribution in [0.5, 0.6) is 5.75 Å². The zero-order chi connectivity index (χ0) is 40.8. The van der Waals surface area contributed by atoms with E-state index in [4.69, 9.17) is 23.8 Å². The number of ether oxygens (including phenoxy) is 4. The first-order chi connectivity index (χ1) is 27.6. The molecule has 13 nitrogen and oxygen atoms in total. The van der Waals surface area contributed by atoms with Gasteiger partial charge in [-0.1, -0.05) is 102 Å². The van der Waals surface area contributed by atoms with E-state index in [2.05, 4.69) is 17.4 Å². The number of unbranched alkanes of at least 4 members (excludes halogenated alkanes) is 13. The standard InChI is InChI=1S/C42H58F2N4O9/c1-4-5-6-7-8-9-10-11-12-13-14-15-16-17-22-54-41(52)56-28-55-38-36-40(51)47-27-34(42(21-20-29(47)2)24-35(53-3)46-57-42)48(36)26-32(37(38)49)39(50)45-25-30-18-19-31(43)23-33(30)44/h18-19,23,26,29,34H,4-17,20-22,24-25,27-28H2,1-3H3,(H,45,50)/t29-,34+,42-/m0/s1. The third-order valence-corrected chi connectivity index (χ3v) is 11.3. The van der Waals surface area contributed by atoms with Crippen LogP contribution in [-0.4, -0.2) is 72.0 Å². The van der Waals surface area contributed by atoms with Crippen molar-refractivity contribution in [1.82, 2.24) is 14.8 Å². The number of fused-ring (bicyclic) bond motifs is 5. The van der Waals surface area contributed by atoms with Crippen molar-refractivity contribution in [3.05, 3.63) is 63.1 Å². The average molecular weight is 801 g/mol. The van der Waals surface area contributed by atoms with Crippen LogP contribution in [0.25, 0.3) is 0 Å². The quantitative estimate of drug-likeness (QED) is 0.0748. The smallest absolute Gasteiger partial charge is 0.482 e. The van der Waals surface area contributed by atoms with Gasteiger partial charge >= 0.3 is 6.16 Å². The lowest BCUT2D eigenvalue weighted by atomic mass is 9.85. The normalized spacial score (nSPS) is 19.7. The minimum absolute atomic E-state index is 0.00795. The van der Waals surface area contributed by atoms with Gasteiger partial charge in [-0.25, -0.2) is 13.6 Å². The monoisotopic (exact) mass is 800 g/mol. The van der Waals surface area contributed by atoms with E-state index in [1.54, 1.807) is 4.90 Å². The molecule has 57 heavy (non-hydrogen) atoms. The Morgan fingerprint density at radius 2 is 1.63 bits per heavy atom. The highest BCUT2D eigenvalue weighted by molar-refractivity contribution is 5.99. The number of benzene rings is 1. The number of carbonyl (C=O) groups excluding carboxylic acids is 3. The summed E-state index contributed by atoms with van der Waals surface area (Å²) in [6.07, 6.45) is 18.3. The van der Waals surface area contributed by atoms with Crippen molar-refractivity contribution in [2.75, 3.05) is 27.1 Å². The number of pyridine rings is 1. The van der Waals surface area contributed by atoms with E-state index in [0.29, 0.717) is 31.2 Å². The third-order valence-electron chi connectivity index (χ3n) is 11.3. The number of carbonyl (C=O) groups is 3. The molecule has 1 N–H and O–H groups in total. The Morgan fingerprint density at radius 3 is 2.26 bits per heavy atom. The van der Waals surface area contributed by atoms with Gasteiger partial charge in [0.15, 0.2) is 11.3 Å². The minimum atomic E-state index is -1.01. The number of hydrogen-bond acceptors (Lipinski definition) is 10. The lowest BCUT2D eigenvalue weighted by molar-refractivity contribution is -0.0658. The van der Waals surface area contributed by atoms with Gasteiger partial charge in [-0.3, -0.25) is 14.4 Å². The Labute approximate surface area is 333 Å². The van der Waals surface area contributed by atoms with Crippen LogP contribution in [0.1, 0.15) is 155 Å². The SMILES string of the molecule is CCCCCCCCCCCCCCCCOC(=O)OCOc1c2n(cc(C(=O)NCc3ccc(F)cc3F)c1=O)[C@@H]1CN(C2=O)[C@@H](C)CC[C@]12CC(OC)=NO2. The molecule has 314 valence electrons. The highest BCUT2D eigenvalue weighted by atomic mass is 19.1. The molecule has 4 heterocycles. The second-order valence-electron chi connectivity index (χ2n) is 15.4. The largest absolute Gasteiger partial charge is 0.511 e. The van der Waals surface area contributed by atoms with Crippen LogP contribution in [0, 0.1) is 11.6 Å². The van der Waals surface area contributed by atoms with E-state index >= 15 is 0 Å². The number of rotatable bonds is 21. The number of halogens is 2. The number of nitrogens with zero attached hydrogens (tertiary/aromatic N) is 3. The predicted molar refractivity (Wildman–Crippen MR) is 208 cm³/mol. The van der Waals surface area contributed by atoms with E-state index in [1.165, 1.54) is 88.1 Å². The molecule has 5 rings (SSSR count). The topological polar surface area (TPSA) is 147 Å². The van der Waals surface area contributed by atoms with Gasteiger partial charge in [-0.05, 0) is 32.3 Å². The molecule has 2 amide bonds. The first kappa shape index (κ1) is 43.4. The summed E-state index contributed by atoms with van der Waals surface area (Å²) < 4.78 is 50.9. The van der Waals surface area contributed by atoms with E-state index in [9.17, 15) is 28.0 Å². The maximum absolute atomic E-state index is 14.4. The average Bonchev–Trinajstić information content (AvgIpc) is 3.58. The highest BCUT2D eigenvalue weighted by Gasteiger charge is 2.55. The minimum Gasteiger partial charge on any atom is -0.482 e. The van der Waals surface area contributed by atoms with Crippen LogP contribution >= 0.6 is 0 Å². The number of oxime groups is 1. The Hall–Kier alpha value is -4.69. The highest BCUT2D eigenvalue weighted by Crippen LogP contribution is 2.46. The fourth-order valence-electron chi connectivity index (χ4n) is 7.88. The molecule has 15 heteroatoms. The summed E-state index contributed by atoms with van der Waals surface area (Å²) in [7, 11) is 1.48. The van der Waals surface area contributed by atoms with Gasteiger partial charge in [0.25, 0.3) is 11.8 Å². The molecule has 0 saturated carbocycles. The van der Waals surface area contributed by atoms with Crippen LogP contribution < -0.4 is 15.5 Å². The molecule has 0 aliphatic carbocycles. The number of amides is 2. The lowest BCUT2D eigenvalue weighted by Gasteiger charge is -2.42. The molecule has 0 unspecified atom stereocenters. The third kappa shape index (κ3) is 11.2. The predicted octanol–water partition coefficient (Wildman–Crippen LogP) is 8.33. The van der Waals surface area contributed by atoms with Gasteiger partial charge in [0, 0.05) is 37.0 Å². The maximum Gasteiger partial charge on any atom is 0.511 e. The van der Waals surface area contributed by atoms with Crippen LogP contribution in [0.3, 0.4) is 0 Å². The lowest BCUT2D eigenvalue weighted by Crippen LogP contribution is -2.52. The second-order valence-corrected chi connectivity index (χ2v) is 15.4. The Balaban J connectivity index is 1.20. The summed E-state index contributed by atoms with van der Waals surface area (Å²) in [4.78, 5) is 61.8. The maximum atomic E-state index is 14.4. The molecular weight excluding hydrogens is 742 g/mol. The molecule has 1 saturated heterocycles. The van der Waals surface area contributed by atoms with E-state index in [1.807, 2.05) is 6.92 Å². The molecule has 2 aromatic rings. The van der Waals surface area contributed by atoms with E-state index in [0.717, 1.165) is 25.3 Å². The van der Waals surface area contributed by atoms with Crippen molar-refractivity contribution in [3.63, 3.8) is 0 Å². The molecule has 1 aromatic heterocycles. The number of methoxy groups -OCH3 is 1. The van der Waals surface area contributed by atoms with Crippen molar-refractivity contribution < 1.29 is 46.9 Å². The van der Waals surface area contributed by atoms with E-state index < -0.39 is 64.8 Å². The van der Waals surface area contributed by atoms with Crippen LogP contribution in [0.15, 0.2) is 34.3 Å². The summed E-state index contributed by atoms with van der Waals surface area (Å²) >= 11 is 0. The van der Waals surface area contributed by atoms with Crippen LogP contribution in [0.4, 0.5) is 13.6 Å². The summed E-state index contributed by atoms with van der Waals surface area (Å²) in [5.41, 5.74) is -2.52. The first-order valence-electron chi connectivity index (χ1n) is 20.6. The van der Waals surface area contributed by atoms with Crippen molar-refractivity contribution >= 4 is 23.9 Å². The summed E-state index contributed by atoms with van der Waals surface area (Å²) in [6.45, 7) is 3.32. The Kier molecular flexibility index (Phi) is 16.1. The van der Waals surface area contributed by atoms with Gasteiger partial charge in [0.2, 0.25) is 23.9 Å². The first-order valence-corrected chi connectivity index (χ1v) is 20.6. The van der Waals surface area contributed by atoms with Gasteiger partial charge in [0.05, 0.1) is 26.2 Å². The van der Waals surface area contributed by atoms with Crippen LogP contribution in [-0.2, 0) is 25.6 Å². The molecule has 0 radical (unpaired) electrons. The molecule has 1 spiro atoms. The molecule has 2 bridgehead atoms. The van der Waals surface area contributed by atoms with Crippen molar-refractivity contribution in [3.8, 4) is 5.75 Å². The molecule has 3 atom stereocenters. The van der Waals surface area contributed by atoms with Crippen molar-refractivity contribution in [2.24, 2.45) is 5.16 Å². The molecular formula is C42H58F2N4O9. The molecule has 3 aliphatic rings. The molecule has 1 aromatic carbocycles. The second kappa shape index (κ2) is 21.2. The van der Waals surface area contributed by atoms with Crippen LogP contribution in [0.2, 0.25) is 0 Å². The summed E-state index contributed by atoms with van der Waals surface area (Å²) in [6, 6.07) is 2.03. The Morgan fingerprint density at radius 1 is 0.965 bits per heavy atom. The van der Waals surface area contributed by atoms with Gasteiger partial charge in [0.1, 0.15) is 17.2 Å². The molecule has 3 aliphatic heterocycles. The number of nitrogens with one attached hydrogen (secondary N) is 1. The van der Waals surface area contributed by atoms with Gasteiger partial charge in [-0.15, -0.1) is 0 Å². The number of hydrogen-bond donors (Lipinski definition) is 1. The van der Waals surface area contributed by atoms with Crippen molar-refractivity contribution in [2.45, 2.75) is 147 Å². The zero-order valence-electron chi connectivity index (χ0n) is 33.6. The zero-order valence-corrected chi connectivity index (χ0v) is 33.6. The molecule has 1 fully saturated rings. The summed E-state index contributed by atoms with van der Waals surface area (Å²) in [5.74, 6) is -3.22.